The van der Waals surface area contributed by atoms with E-state index in [1.54, 1.807) is 19.2 Å². The number of thiophene rings is 1. The predicted molar refractivity (Wildman–Crippen MR) is 83.7 cm³/mol. The van der Waals surface area contributed by atoms with Crippen LogP contribution >= 0.6 is 11.3 Å². The molecule has 112 valence electrons. The van der Waals surface area contributed by atoms with Crippen molar-refractivity contribution in [1.82, 2.24) is 4.31 Å². The zero-order valence-corrected chi connectivity index (χ0v) is 13.4. The Hall–Kier alpha value is -1.70. The van der Waals surface area contributed by atoms with E-state index in [9.17, 15) is 13.2 Å². The van der Waals surface area contributed by atoms with E-state index >= 15 is 0 Å². The smallest absolute Gasteiger partial charge is 0.243 e. The van der Waals surface area contributed by atoms with Crippen molar-refractivity contribution in [2.45, 2.75) is 18.4 Å². The van der Waals surface area contributed by atoms with E-state index in [4.69, 9.17) is 0 Å². The van der Waals surface area contributed by atoms with Crippen LogP contribution in [0.5, 0.6) is 0 Å². The number of rotatable bonds is 5. The summed E-state index contributed by atoms with van der Waals surface area (Å²) in [6.45, 7) is 1.74. The third-order valence-electron chi connectivity index (χ3n) is 2.84. The van der Waals surface area contributed by atoms with E-state index in [1.807, 2.05) is 17.5 Å². The van der Waals surface area contributed by atoms with Crippen LogP contribution < -0.4 is 5.32 Å². The largest absolute Gasteiger partial charge is 0.326 e. The first kappa shape index (κ1) is 15.7. The van der Waals surface area contributed by atoms with Crippen molar-refractivity contribution >= 4 is 33.0 Å². The molecule has 1 heterocycles. The molecular formula is C14H16N2O3S2. The molecule has 1 aromatic heterocycles. The van der Waals surface area contributed by atoms with Gasteiger partial charge in [0.2, 0.25) is 15.9 Å². The maximum Gasteiger partial charge on any atom is 0.243 e. The van der Waals surface area contributed by atoms with Gasteiger partial charge < -0.3 is 5.32 Å². The van der Waals surface area contributed by atoms with Crippen molar-refractivity contribution < 1.29 is 13.2 Å². The Morgan fingerprint density at radius 3 is 2.43 bits per heavy atom. The molecule has 0 fully saturated rings. The second kappa shape index (κ2) is 6.38. The van der Waals surface area contributed by atoms with E-state index in [-0.39, 0.29) is 10.8 Å². The van der Waals surface area contributed by atoms with Gasteiger partial charge in [0.25, 0.3) is 0 Å². The van der Waals surface area contributed by atoms with Gasteiger partial charge in [-0.3, -0.25) is 4.79 Å². The fraction of sp³-hybridized carbons (Fsp3) is 0.214. The normalized spacial score (nSPS) is 11.6. The highest BCUT2D eigenvalue weighted by atomic mass is 32.2. The number of hydrogen-bond donors (Lipinski definition) is 1. The lowest BCUT2D eigenvalue weighted by atomic mass is 10.3. The third-order valence-corrected chi connectivity index (χ3v) is 5.52. The highest BCUT2D eigenvalue weighted by Gasteiger charge is 2.21. The van der Waals surface area contributed by atoms with Crippen LogP contribution in [0.2, 0.25) is 0 Å². The summed E-state index contributed by atoms with van der Waals surface area (Å²) in [6.07, 6.45) is 0. The molecule has 0 saturated carbocycles. The first-order valence-corrected chi connectivity index (χ1v) is 8.58. The van der Waals surface area contributed by atoms with Gasteiger partial charge in [0.05, 0.1) is 4.90 Å². The average Bonchev–Trinajstić information content (AvgIpc) is 2.91. The number of amides is 1. The first-order valence-electron chi connectivity index (χ1n) is 6.26. The van der Waals surface area contributed by atoms with Gasteiger partial charge in [0.15, 0.2) is 0 Å². The van der Waals surface area contributed by atoms with Crippen LogP contribution in [0.25, 0.3) is 0 Å². The molecule has 0 saturated heterocycles. The lowest BCUT2D eigenvalue weighted by molar-refractivity contribution is -0.114. The first-order chi connectivity index (χ1) is 9.89. The summed E-state index contributed by atoms with van der Waals surface area (Å²) in [7, 11) is -1.98. The standard InChI is InChI=1S/C14H16N2O3S2/c1-11(17)15-12-5-7-14(8-6-12)21(18,19)16(2)10-13-4-3-9-20-13/h3-9H,10H2,1-2H3,(H,15,17). The fourth-order valence-electron chi connectivity index (χ4n) is 1.80. The molecule has 0 unspecified atom stereocenters. The second-order valence-electron chi connectivity index (χ2n) is 4.55. The Morgan fingerprint density at radius 2 is 1.90 bits per heavy atom. The van der Waals surface area contributed by atoms with Crippen LogP contribution in [0.1, 0.15) is 11.8 Å². The Labute approximate surface area is 128 Å². The van der Waals surface area contributed by atoms with Crippen LogP contribution in [0.3, 0.4) is 0 Å². The lowest BCUT2D eigenvalue weighted by Crippen LogP contribution is -2.26. The molecule has 7 heteroatoms. The van der Waals surface area contributed by atoms with Gasteiger partial charge in [-0.05, 0) is 35.7 Å². The lowest BCUT2D eigenvalue weighted by Gasteiger charge is -2.16. The summed E-state index contributed by atoms with van der Waals surface area (Å²) >= 11 is 1.52. The number of carbonyl (C=O) groups excluding carboxylic acids is 1. The van der Waals surface area contributed by atoms with Crippen molar-refractivity contribution in [2.24, 2.45) is 0 Å². The zero-order valence-electron chi connectivity index (χ0n) is 11.7. The van der Waals surface area contributed by atoms with Gasteiger partial charge in [-0.1, -0.05) is 6.07 Å². The van der Waals surface area contributed by atoms with Crippen molar-refractivity contribution in [3.05, 3.63) is 46.7 Å². The summed E-state index contributed by atoms with van der Waals surface area (Å²) in [5.74, 6) is -0.194. The average molecular weight is 324 g/mol. The van der Waals surface area contributed by atoms with Gasteiger partial charge in [0, 0.05) is 31.1 Å². The third kappa shape index (κ3) is 3.90. The van der Waals surface area contributed by atoms with E-state index in [0.717, 1.165) is 4.88 Å². The molecule has 5 nitrogen and oxygen atoms in total. The summed E-state index contributed by atoms with van der Waals surface area (Å²) in [4.78, 5) is 12.1. The minimum atomic E-state index is -3.53. The molecule has 1 amide bonds. The topological polar surface area (TPSA) is 66.5 Å². The van der Waals surface area contributed by atoms with E-state index in [1.165, 1.54) is 34.7 Å². The number of carbonyl (C=O) groups is 1. The van der Waals surface area contributed by atoms with Crippen LogP contribution in [-0.4, -0.2) is 25.7 Å². The quantitative estimate of drug-likeness (QED) is 0.919. The molecule has 0 spiro atoms. The molecule has 0 atom stereocenters. The molecule has 1 N–H and O–H groups in total. The van der Waals surface area contributed by atoms with Crippen LogP contribution in [0, 0.1) is 0 Å². The number of benzene rings is 1. The summed E-state index contributed by atoms with van der Waals surface area (Å²) in [6, 6.07) is 9.93. The summed E-state index contributed by atoms with van der Waals surface area (Å²) < 4.78 is 26.2. The van der Waals surface area contributed by atoms with E-state index < -0.39 is 10.0 Å². The van der Waals surface area contributed by atoms with Gasteiger partial charge in [0.1, 0.15) is 0 Å². The minimum Gasteiger partial charge on any atom is -0.326 e. The number of nitrogens with zero attached hydrogens (tertiary/aromatic N) is 1. The Bertz CT molecular complexity index is 707. The molecular weight excluding hydrogens is 308 g/mol. The highest BCUT2D eigenvalue weighted by Crippen LogP contribution is 2.20. The molecule has 0 radical (unpaired) electrons. The van der Waals surface area contributed by atoms with Gasteiger partial charge in [-0.25, -0.2) is 8.42 Å². The van der Waals surface area contributed by atoms with Crippen LogP contribution in [0.15, 0.2) is 46.7 Å². The van der Waals surface area contributed by atoms with Crippen molar-refractivity contribution in [1.29, 1.82) is 0 Å². The Balaban J connectivity index is 2.16. The molecule has 0 aliphatic heterocycles. The molecule has 2 aromatic rings. The van der Waals surface area contributed by atoms with Gasteiger partial charge in [-0.15, -0.1) is 11.3 Å². The number of hydrogen-bond acceptors (Lipinski definition) is 4. The van der Waals surface area contributed by atoms with Crippen LogP contribution in [-0.2, 0) is 21.4 Å². The molecule has 0 bridgehead atoms. The molecule has 21 heavy (non-hydrogen) atoms. The maximum atomic E-state index is 12.4. The molecule has 0 aliphatic rings. The summed E-state index contributed by atoms with van der Waals surface area (Å²) in [5, 5.41) is 4.52. The molecule has 1 aromatic carbocycles. The molecule has 2 rings (SSSR count). The van der Waals surface area contributed by atoms with Crippen molar-refractivity contribution in [2.75, 3.05) is 12.4 Å². The zero-order chi connectivity index (χ0) is 15.5. The van der Waals surface area contributed by atoms with Crippen molar-refractivity contribution in [3.8, 4) is 0 Å². The maximum absolute atomic E-state index is 12.4. The van der Waals surface area contributed by atoms with E-state index in [0.29, 0.717) is 12.2 Å². The van der Waals surface area contributed by atoms with E-state index in [2.05, 4.69) is 5.32 Å². The number of nitrogens with one attached hydrogen (secondary N) is 1. The van der Waals surface area contributed by atoms with Crippen LogP contribution in [0.4, 0.5) is 5.69 Å². The summed E-state index contributed by atoms with van der Waals surface area (Å²) in [5.41, 5.74) is 0.572. The number of anilines is 1. The van der Waals surface area contributed by atoms with Crippen molar-refractivity contribution in [3.63, 3.8) is 0 Å². The Morgan fingerprint density at radius 1 is 1.24 bits per heavy atom. The van der Waals surface area contributed by atoms with Gasteiger partial charge >= 0.3 is 0 Å². The molecule has 0 aliphatic carbocycles. The minimum absolute atomic E-state index is 0.194. The number of sulfonamides is 1. The SMILES string of the molecule is CC(=O)Nc1ccc(S(=O)(=O)N(C)Cc2cccs2)cc1. The Kier molecular flexibility index (Phi) is 4.76. The highest BCUT2D eigenvalue weighted by molar-refractivity contribution is 7.89. The monoisotopic (exact) mass is 324 g/mol. The fourth-order valence-corrected chi connectivity index (χ4v) is 3.79. The predicted octanol–water partition coefficient (Wildman–Crippen LogP) is 2.53. The van der Waals surface area contributed by atoms with Gasteiger partial charge in [-0.2, -0.15) is 4.31 Å². The second-order valence-corrected chi connectivity index (χ2v) is 7.62.